The molecule has 0 aliphatic heterocycles. The molecule has 1 amide bonds. The third-order valence-electron chi connectivity index (χ3n) is 2.16. The second-order valence-electron chi connectivity index (χ2n) is 3.65. The second kappa shape index (κ2) is 4.98. The molecule has 5 heteroatoms. The smallest absolute Gasteiger partial charge is 0.234 e. The minimum atomic E-state index is 0.0683. The van der Waals surface area contributed by atoms with Gasteiger partial charge < -0.3 is 15.1 Å². The Morgan fingerprint density at radius 2 is 2.33 bits per heavy atom. The lowest BCUT2D eigenvalue weighted by molar-refractivity contribution is -0.120. The van der Waals surface area contributed by atoms with E-state index in [-0.39, 0.29) is 5.91 Å². The Morgan fingerprint density at radius 1 is 1.53 bits per heavy atom. The quantitative estimate of drug-likeness (QED) is 0.803. The first-order valence-electron chi connectivity index (χ1n) is 4.98. The Kier molecular flexibility index (Phi) is 3.63. The molecule has 15 heavy (non-hydrogen) atoms. The van der Waals surface area contributed by atoms with Crippen molar-refractivity contribution in [2.45, 2.75) is 25.4 Å². The Balaban J connectivity index is 1.63. The molecule has 0 spiro atoms. The van der Waals surface area contributed by atoms with Crippen LogP contribution in [0.4, 0.5) is 0 Å². The lowest BCUT2D eigenvalue weighted by Crippen LogP contribution is -2.34. The van der Waals surface area contributed by atoms with E-state index in [0.717, 1.165) is 22.4 Å². The van der Waals surface area contributed by atoms with E-state index in [2.05, 4.69) is 33.2 Å². The van der Waals surface area contributed by atoms with Gasteiger partial charge in [0.05, 0.1) is 13.1 Å². The number of hydrogen-bond donors (Lipinski definition) is 2. The molecule has 0 atom stereocenters. The van der Waals surface area contributed by atoms with E-state index < -0.39 is 0 Å². The van der Waals surface area contributed by atoms with Crippen LogP contribution >= 0.6 is 22.6 Å². The molecule has 2 rings (SSSR count). The third-order valence-corrected chi connectivity index (χ3v) is 2.74. The van der Waals surface area contributed by atoms with Crippen molar-refractivity contribution in [3.63, 3.8) is 0 Å². The summed E-state index contributed by atoms with van der Waals surface area (Å²) in [6, 6.07) is 4.25. The Labute approximate surface area is 102 Å². The molecule has 1 fully saturated rings. The number of rotatable bonds is 5. The van der Waals surface area contributed by atoms with Crippen LogP contribution in [-0.4, -0.2) is 18.5 Å². The Hall–Kier alpha value is -0.560. The minimum Gasteiger partial charge on any atom is -0.454 e. The number of furan rings is 1. The van der Waals surface area contributed by atoms with Crippen molar-refractivity contribution in [2.24, 2.45) is 0 Å². The molecule has 2 N–H and O–H groups in total. The fourth-order valence-corrected chi connectivity index (χ4v) is 1.71. The predicted octanol–water partition coefficient (Wildman–Crippen LogP) is 1.25. The molecular weight excluding hydrogens is 307 g/mol. The highest BCUT2D eigenvalue weighted by molar-refractivity contribution is 14.1. The van der Waals surface area contributed by atoms with E-state index in [9.17, 15) is 4.79 Å². The molecule has 0 saturated heterocycles. The highest BCUT2D eigenvalue weighted by Crippen LogP contribution is 2.18. The van der Waals surface area contributed by atoms with Crippen LogP contribution in [0.3, 0.4) is 0 Å². The summed E-state index contributed by atoms with van der Waals surface area (Å²) < 4.78 is 6.22. The highest BCUT2D eigenvalue weighted by Gasteiger charge is 2.22. The van der Waals surface area contributed by atoms with Crippen LogP contribution in [-0.2, 0) is 11.3 Å². The van der Waals surface area contributed by atoms with Gasteiger partial charge in [0.2, 0.25) is 5.91 Å². The average Bonchev–Trinajstić information content (AvgIpc) is 2.89. The molecule has 1 aliphatic rings. The first-order valence-corrected chi connectivity index (χ1v) is 6.06. The maximum Gasteiger partial charge on any atom is 0.234 e. The van der Waals surface area contributed by atoms with Crippen molar-refractivity contribution in [3.8, 4) is 0 Å². The number of carbonyl (C=O) groups is 1. The summed E-state index contributed by atoms with van der Waals surface area (Å²) in [4.78, 5) is 11.3. The van der Waals surface area contributed by atoms with E-state index >= 15 is 0 Å². The fraction of sp³-hybridized carbons (Fsp3) is 0.500. The number of carbonyl (C=O) groups excluding carboxylic acids is 1. The van der Waals surface area contributed by atoms with Crippen LogP contribution in [0.5, 0.6) is 0 Å². The summed E-state index contributed by atoms with van der Waals surface area (Å²) in [5.74, 6) is 0.928. The molecule has 1 aromatic heterocycles. The summed E-state index contributed by atoms with van der Waals surface area (Å²) in [6.45, 7) is 0.953. The third kappa shape index (κ3) is 3.83. The van der Waals surface area contributed by atoms with Gasteiger partial charge in [-0.05, 0) is 47.6 Å². The Morgan fingerprint density at radius 3 is 2.93 bits per heavy atom. The normalized spacial score (nSPS) is 15.3. The molecule has 0 unspecified atom stereocenters. The monoisotopic (exact) mass is 320 g/mol. The molecule has 1 heterocycles. The predicted molar refractivity (Wildman–Crippen MR) is 64.3 cm³/mol. The summed E-state index contributed by atoms with van der Waals surface area (Å²) in [5, 5.41) is 5.95. The van der Waals surface area contributed by atoms with E-state index in [1.165, 1.54) is 0 Å². The van der Waals surface area contributed by atoms with Gasteiger partial charge >= 0.3 is 0 Å². The molecule has 0 bridgehead atoms. The van der Waals surface area contributed by atoms with Crippen molar-refractivity contribution in [1.82, 2.24) is 10.6 Å². The standard InChI is InChI=1S/C10H13IN2O2/c11-9-4-3-8(15-9)5-12-6-10(14)13-7-1-2-7/h3-4,7,12H,1-2,5-6H2,(H,13,14). The highest BCUT2D eigenvalue weighted by atomic mass is 127. The number of hydrogen-bond acceptors (Lipinski definition) is 3. The lowest BCUT2D eigenvalue weighted by Gasteiger charge is -2.03. The number of nitrogens with one attached hydrogen (secondary N) is 2. The van der Waals surface area contributed by atoms with Crippen LogP contribution in [0.25, 0.3) is 0 Å². The van der Waals surface area contributed by atoms with Gasteiger partial charge in [-0.25, -0.2) is 0 Å². The van der Waals surface area contributed by atoms with Crippen LogP contribution in [0.2, 0.25) is 0 Å². The lowest BCUT2D eigenvalue weighted by atomic mass is 10.4. The van der Waals surface area contributed by atoms with Gasteiger partial charge in [-0.15, -0.1) is 0 Å². The van der Waals surface area contributed by atoms with Gasteiger partial charge in [-0.2, -0.15) is 0 Å². The summed E-state index contributed by atoms with van der Waals surface area (Å²) in [7, 11) is 0. The SMILES string of the molecule is O=C(CNCc1ccc(I)o1)NC1CC1. The summed E-state index contributed by atoms with van der Waals surface area (Å²) in [5.41, 5.74) is 0. The van der Waals surface area contributed by atoms with E-state index in [1.807, 2.05) is 12.1 Å². The molecule has 1 aromatic rings. The first-order chi connectivity index (χ1) is 7.24. The van der Waals surface area contributed by atoms with E-state index in [1.54, 1.807) is 0 Å². The maximum atomic E-state index is 11.3. The zero-order valence-electron chi connectivity index (χ0n) is 8.25. The van der Waals surface area contributed by atoms with E-state index in [4.69, 9.17) is 4.42 Å². The number of amides is 1. The van der Waals surface area contributed by atoms with Crippen molar-refractivity contribution < 1.29 is 9.21 Å². The van der Waals surface area contributed by atoms with Crippen LogP contribution in [0.15, 0.2) is 16.5 Å². The molecule has 1 aliphatic carbocycles. The largest absolute Gasteiger partial charge is 0.454 e. The van der Waals surface area contributed by atoms with Crippen molar-refractivity contribution in [2.75, 3.05) is 6.54 Å². The zero-order chi connectivity index (χ0) is 10.7. The molecule has 0 radical (unpaired) electrons. The minimum absolute atomic E-state index is 0.0683. The van der Waals surface area contributed by atoms with Crippen molar-refractivity contribution in [1.29, 1.82) is 0 Å². The molecule has 1 saturated carbocycles. The Bertz CT molecular complexity index is 347. The van der Waals surface area contributed by atoms with Gasteiger partial charge in [-0.3, -0.25) is 4.79 Å². The molecule has 0 aromatic carbocycles. The van der Waals surface area contributed by atoms with Crippen molar-refractivity contribution >= 4 is 28.5 Å². The number of halogens is 1. The van der Waals surface area contributed by atoms with Crippen LogP contribution in [0.1, 0.15) is 18.6 Å². The summed E-state index contributed by atoms with van der Waals surface area (Å²) >= 11 is 2.12. The van der Waals surface area contributed by atoms with Crippen molar-refractivity contribution in [3.05, 3.63) is 21.7 Å². The van der Waals surface area contributed by atoms with Gasteiger partial charge in [-0.1, -0.05) is 0 Å². The van der Waals surface area contributed by atoms with Crippen LogP contribution < -0.4 is 10.6 Å². The molecule has 4 nitrogen and oxygen atoms in total. The van der Waals surface area contributed by atoms with Gasteiger partial charge in [0, 0.05) is 6.04 Å². The van der Waals surface area contributed by atoms with Gasteiger partial charge in [0.15, 0.2) is 3.77 Å². The molecule has 82 valence electrons. The topological polar surface area (TPSA) is 54.3 Å². The second-order valence-corrected chi connectivity index (χ2v) is 4.71. The van der Waals surface area contributed by atoms with Gasteiger partial charge in [0.25, 0.3) is 0 Å². The maximum absolute atomic E-state index is 11.3. The summed E-state index contributed by atoms with van der Waals surface area (Å²) in [6.07, 6.45) is 2.25. The molecular formula is C10H13IN2O2. The fourth-order valence-electron chi connectivity index (χ4n) is 1.25. The van der Waals surface area contributed by atoms with Crippen LogP contribution in [0, 0.1) is 3.77 Å². The average molecular weight is 320 g/mol. The zero-order valence-corrected chi connectivity index (χ0v) is 10.4. The van der Waals surface area contributed by atoms with E-state index in [0.29, 0.717) is 19.1 Å². The van der Waals surface area contributed by atoms with Gasteiger partial charge in [0.1, 0.15) is 5.76 Å². The first kappa shape index (κ1) is 10.9.